The van der Waals surface area contributed by atoms with Gasteiger partial charge in [0.2, 0.25) is 5.91 Å². The van der Waals surface area contributed by atoms with E-state index in [0.717, 1.165) is 11.3 Å². The van der Waals surface area contributed by atoms with Crippen molar-refractivity contribution in [2.75, 3.05) is 7.11 Å². The van der Waals surface area contributed by atoms with Gasteiger partial charge in [-0.25, -0.2) is 0 Å². The lowest BCUT2D eigenvalue weighted by molar-refractivity contribution is -0.121. The second-order valence-electron chi connectivity index (χ2n) is 5.27. The summed E-state index contributed by atoms with van der Waals surface area (Å²) in [6.45, 7) is -1.09. The van der Waals surface area contributed by atoms with E-state index in [0.29, 0.717) is 5.56 Å². The number of halogens is 2. The van der Waals surface area contributed by atoms with E-state index >= 15 is 0 Å². The number of benzene rings is 2. The van der Waals surface area contributed by atoms with Gasteiger partial charge in [0.15, 0.2) is 0 Å². The molecule has 0 aromatic heterocycles. The summed E-state index contributed by atoms with van der Waals surface area (Å²) in [6.07, 6.45) is 0.224. The Balaban J connectivity index is 1.95. The first-order valence-electron chi connectivity index (χ1n) is 7.45. The minimum Gasteiger partial charge on any atom is -0.497 e. The van der Waals surface area contributed by atoms with Gasteiger partial charge in [0.05, 0.1) is 19.6 Å². The van der Waals surface area contributed by atoms with Crippen molar-refractivity contribution in [3.8, 4) is 11.5 Å². The van der Waals surface area contributed by atoms with E-state index in [4.69, 9.17) is 4.74 Å². The van der Waals surface area contributed by atoms with Gasteiger partial charge in [0.25, 0.3) is 0 Å². The molecule has 0 bridgehead atoms. The van der Waals surface area contributed by atoms with Crippen LogP contribution >= 0.6 is 0 Å². The van der Waals surface area contributed by atoms with Gasteiger partial charge in [-0.1, -0.05) is 24.3 Å². The molecule has 6 heteroatoms. The SMILES string of the molecule is COc1ccc(CC(=O)NC(C)c2cccc(OC(F)F)c2)cc1. The molecule has 2 aromatic rings. The Kier molecular flexibility index (Phi) is 6.12. The smallest absolute Gasteiger partial charge is 0.387 e. The number of rotatable bonds is 7. The maximum atomic E-state index is 12.3. The van der Waals surface area contributed by atoms with Crippen molar-refractivity contribution in [1.82, 2.24) is 5.32 Å². The number of nitrogens with one attached hydrogen (secondary N) is 1. The van der Waals surface area contributed by atoms with Crippen molar-refractivity contribution in [1.29, 1.82) is 0 Å². The van der Waals surface area contributed by atoms with Crippen LogP contribution in [0.1, 0.15) is 24.1 Å². The first kappa shape index (κ1) is 17.7. The van der Waals surface area contributed by atoms with Crippen LogP contribution in [0.15, 0.2) is 48.5 Å². The summed E-state index contributed by atoms with van der Waals surface area (Å²) in [7, 11) is 1.58. The van der Waals surface area contributed by atoms with Crippen LogP contribution in [0.3, 0.4) is 0 Å². The van der Waals surface area contributed by atoms with E-state index in [-0.39, 0.29) is 24.1 Å². The lowest BCUT2D eigenvalue weighted by Crippen LogP contribution is -2.28. The van der Waals surface area contributed by atoms with E-state index in [1.165, 1.54) is 12.1 Å². The van der Waals surface area contributed by atoms with Crippen LogP contribution in [0, 0.1) is 0 Å². The molecule has 0 fully saturated rings. The number of amides is 1. The number of carbonyl (C=O) groups excluding carboxylic acids is 1. The van der Waals surface area contributed by atoms with Gasteiger partial charge in [-0.3, -0.25) is 4.79 Å². The lowest BCUT2D eigenvalue weighted by atomic mass is 10.1. The predicted molar refractivity (Wildman–Crippen MR) is 86.3 cm³/mol. The zero-order valence-electron chi connectivity index (χ0n) is 13.5. The van der Waals surface area contributed by atoms with Crippen molar-refractivity contribution in [3.63, 3.8) is 0 Å². The molecule has 4 nitrogen and oxygen atoms in total. The van der Waals surface area contributed by atoms with Crippen molar-refractivity contribution in [2.24, 2.45) is 0 Å². The third-order valence-corrected chi connectivity index (χ3v) is 3.48. The molecule has 1 N–H and O–H groups in total. The summed E-state index contributed by atoms with van der Waals surface area (Å²) in [5, 5.41) is 2.84. The van der Waals surface area contributed by atoms with Crippen LogP contribution in [0.4, 0.5) is 8.78 Å². The molecule has 1 atom stereocenters. The summed E-state index contributed by atoms with van der Waals surface area (Å²) in [5.41, 5.74) is 1.55. The third-order valence-electron chi connectivity index (χ3n) is 3.48. The second-order valence-corrected chi connectivity index (χ2v) is 5.27. The van der Waals surface area contributed by atoms with Gasteiger partial charge in [0.1, 0.15) is 11.5 Å². The number of hydrogen-bond donors (Lipinski definition) is 1. The van der Waals surface area contributed by atoms with Gasteiger partial charge >= 0.3 is 6.61 Å². The molecule has 0 saturated carbocycles. The molecular weight excluding hydrogens is 316 g/mol. The average molecular weight is 335 g/mol. The molecule has 0 aliphatic carbocycles. The molecular formula is C18H19F2NO3. The summed E-state index contributed by atoms with van der Waals surface area (Å²) >= 11 is 0. The number of hydrogen-bond acceptors (Lipinski definition) is 3. The molecule has 0 spiro atoms. The monoisotopic (exact) mass is 335 g/mol. The fraction of sp³-hybridized carbons (Fsp3) is 0.278. The number of methoxy groups -OCH3 is 1. The number of alkyl halides is 2. The largest absolute Gasteiger partial charge is 0.497 e. The Labute approximate surface area is 139 Å². The summed E-state index contributed by atoms with van der Waals surface area (Å²) < 4.78 is 34.0. The van der Waals surface area contributed by atoms with Gasteiger partial charge in [0, 0.05) is 0 Å². The first-order chi connectivity index (χ1) is 11.5. The van der Waals surface area contributed by atoms with Crippen LogP contribution in [0.25, 0.3) is 0 Å². The van der Waals surface area contributed by atoms with Crippen LogP contribution in [-0.2, 0) is 11.2 Å². The standard InChI is InChI=1S/C18H19F2NO3/c1-12(14-4-3-5-16(11-14)24-18(19)20)21-17(22)10-13-6-8-15(23-2)9-7-13/h3-9,11-12,18H,10H2,1-2H3,(H,21,22). The van der Waals surface area contributed by atoms with Crippen molar-refractivity contribution >= 4 is 5.91 Å². The molecule has 0 radical (unpaired) electrons. The highest BCUT2D eigenvalue weighted by Gasteiger charge is 2.12. The maximum Gasteiger partial charge on any atom is 0.387 e. The fourth-order valence-corrected chi connectivity index (χ4v) is 2.26. The molecule has 24 heavy (non-hydrogen) atoms. The lowest BCUT2D eigenvalue weighted by Gasteiger charge is -2.15. The second kappa shape index (κ2) is 8.29. The summed E-state index contributed by atoms with van der Waals surface area (Å²) in [4.78, 5) is 12.1. The molecule has 2 aromatic carbocycles. The Morgan fingerprint density at radius 1 is 1.12 bits per heavy atom. The molecule has 0 aliphatic rings. The van der Waals surface area contributed by atoms with Gasteiger partial charge in [-0.15, -0.1) is 0 Å². The van der Waals surface area contributed by atoms with E-state index in [2.05, 4.69) is 10.1 Å². The van der Waals surface area contributed by atoms with E-state index in [9.17, 15) is 13.6 Å². The highest BCUT2D eigenvalue weighted by molar-refractivity contribution is 5.79. The fourth-order valence-electron chi connectivity index (χ4n) is 2.26. The zero-order chi connectivity index (χ0) is 17.5. The molecule has 0 heterocycles. The molecule has 0 saturated heterocycles. The minimum atomic E-state index is -2.87. The summed E-state index contributed by atoms with van der Waals surface area (Å²) in [5.74, 6) is 0.634. The highest BCUT2D eigenvalue weighted by atomic mass is 19.3. The Morgan fingerprint density at radius 3 is 2.46 bits per heavy atom. The predicted octanol–water partition coefficient (Wildman–Crippen LogP) is 3.72. The van der Waals surface area contributed by atoms with Crippen LogP contribution in [0.5, 0.6) is 11.5 Å². The Hall–Kier alpha value is -2.63. The van der Waals surface area contributed by atoms with Crippen LogP contribution in [0.2, 0.25) is 0 Å². The van der Waals surface area contributed by atoms with Gasteiger partial charge < -0.3 is 14.8 Å². The van der Waals surface area contributed by atoms with Crippen molar-refractivity contribution < 1.29 is 23.0 Å². The topological polar surface area (TPSA) is 47.6 Å². The molecule has 128 valence electrons. The first-order valence-corrected chi connectivity index (χ1v) is 7.45. The maximum absolute atomic E-state index is 12.3. The third kappa shape index (κ3) is 5.22. The zero-order valence-corrected chi connectivity index (χ0v) is 13.5. The molecule has 1 unspecified atom stereocenters. The van der Waals surface area contributed by atoms with Crippen molar-refractivity contribution in [2.45, 2.75) is 26.0 Å². The molecule has 0 aliphatic heterocycles. The van der Waals surface area contributed by atoms with Crippen LogP contribution < -0.4 is 14.8 Å². The highest BCUT2D eigenvalue weighted by Crippen LogP contribution is 2.21. The van der Waals surface area contributed by atoms with Crippen LogP contribution in [-0.4, -0.2) is 19.6 Å². The van der Waals surface area contributed by atoms with E-state index in [1.807, 2.05) is 12.1 Å². The quantitative estimate of drug-likeness (QED) is 0.839. The summed E-state index contributed by atoms with van der Waals surface area (Å²) in [6, 6.07) is 13.2. The molecule has 1 amide bonds. The van der Waals surface area contributed by atoms with Gasteiger partial charge in [-0.05, 0) is 42.3 Å². The van der Waals surface area contributed by atoms with E-state index < -0.39 is 6.61 Å². The van der Waals surface area contributed by atoms with Gasteiger partial charge in [-0.2, -0.15) is 8.78 Å². The Morgan fingerprint density at radius 2 is 1.83 bits per heavy atom. The Bertz CT molecular complexity index is 674. The molecule has 2 rings (SSSR count). The van der Waals surface area contributed by atoms with E-state index in [1.54, 1.807) is 38.3 Å². The minimum absolute atomic E-state index is 0.0683. The normalized spacial score (nSPS) is 11.9. The van der Waals surface area contributed by atoms with Crippen molar-refractivity contribution in [3.05, 3.63) is 59.7 Å². The number of ether oxygens (including phenoxy) is 2. The number of carbonyl (C=O) groups is 1. The average Bonchev–Trinajstić information content (AvgIpc) is 2.55.